The summed E-state index contributed by atoms with van der Waals surface area (Å²) in [5.41, 5.74) is 5.85. The topological polar surface area (TPSA) is 55.5 Å². The summed E-state index contributed by atoms with van der Waals surface area (Å²) in [6, 6.07) is 10.5. The Morgan fingerprint density at radius 3 is 2.47 bits per heavy atom. The fraction of sp³-hybridized carbons (Fsp3) is 0.440. The fourth-order valence-electron chi connectivity index (χ4n) is 4.46. The van der Waals surface area contributed by atoms with Gasteiger partial charge in [-0.05, 0) is 54.7 Å². The van der Waals surface area contributed by atoms with Gasteiger partial charge in [0.15, 0.2) is 0 Å². The molecule has 5 nitrogen and oxygen atoms in total. The summed E-state index contributed by atoms with van der Waals surface area (Å²) in [5.74, 6) is 2.68. The van der Waals surface area contributed by atoms with E-state index in [1.807, 2.05) is 13.0 Å². The molecule has 0 aliphatic carbocycles. The van der Waals surface area contributed by atoms with Gasteiger partial charge >= 0.3 is 0 Å². The van der Waals surface area contributed by atoms with E-state index in [1.165, 1.54) is 16.6 Å². The van der Waals surface area contributed by atoms with E-state index in [2.05, 4.69) is 55.3 Å². The molecule has 1 aliphatic rings. The number of H-pyrrole nitrogens is 1. The molecular weight excluding hydrogens is 376 g/mol. The third-order valence-electron chi connectivity index (χ3n) is 5.90. The monoisotopic (exact) mass is 408 g/mol. The van der Waals surface area contributed by atoms with Crippen molar-refractivity contribution in [1.82, 2.24) is 10.3 Å². The smallest absolute Gasteiger partial charge is 0.124 e. The first kappa shape index (κ1) is 20.6. The van der Waals surface area contributed by atoms with E-state index < -0.39 is 0 Å². The molecule has 4 rings (SSSR count). The number of fused-ring (bicyclic) bond motifs is 3. The van der Waals surface area contributed by atoms with Crippen LogP contribution in [0.2, 0.25) is 0 Å². The van der Waals surface area contributed by atoms with Crippen LogP contribution >= 0.6 is 0 Å². The van der Waals surface area contributed by atoms with E-state index in [-0.39, 0.29) is 11.5 Å². The lowest BCUT2D eigenvalue weighted by Gasteiger charge is -2.29. The Hall–Kier alpha value is -2.66. The van der Waals surface area contributed by atoms with Crippen molar-refractivity contribution in [1.29, 1.82) is 0 Å². The summed E-state index contributed by atoms with van der Waals surface area (Å²) < 4.78 is 17.4. The maximum absolute atomic E-state index is 5.84. The summed E-state index contributed by atoms with van der Waals surface area (Å²) in [5, 5.41) is 4.91. The highest BCUT2D eigenvalue weighted by Crippen LogP contribution is 2.42. The minimum atomic E-state index is -0.0426. The quantitative estimate of drug-likeness (QED) is 0.615. The van der Waals surface area contributed by atoms with Gasteiger partial charge in [-0.1, -0.05) is 20.8 Å². The Labute approximate surface area is 178 Å². The van der Waals surface area contributed by atoms with Gasteiger partial charge in [0.1, 0.15) is 17.2 Å². The number of methoxy groups -OCH3 is 2. The molecule has 1 aromatic heterocycles. The lowest BCUT2D eigenvalue weighted by Crippen LogP contribution is -2.31. The van der Waals surface area contributed by atoms with Crippen molar-refractivity contribution in [2.45, 2.75) is 45.6 Å². The molecule has 3 aromatic rings. The van der Waals surface area contributed by atoms with Crippen LogP contribution in [0.1, 0.15) is 56.1 Å². The molecule has 5 heteroatoms. The zero-order valence-electron chi connectivity index (χ0n) is 18.8. The molecule has 0 bridgehead atoms. The molecule has 1 unspecified atom stereocenters. The second kappa shape index (κ2) is 7.88. The Morgan fingerprint density at radius 1 is 1.03 bits per heavy atom. The molecule has 0 spiro atoms. The lowest BCUT2D eigenvalue weighted by atomic mass is 9.84. The molecule has 30 heavy (non-hydrogen) atoms. The average molecular weight is 409 g/mol. The summed E-state index contributed by atoms with van der Waals surface area (Å²) in [7, 11) is 3.47. The first-order valence-electron chi connectivity index (χ1n) is 10.6. The predicted octanol–water partition coefficient (Wildman–Crippen LogP) is 5.12. The second-order valence-corrected chi connectivity index (χ2v) is 8.84. The Bertz CT molecular complexity index is 1060. The number of hydrogen-bond acceptors (Lipinski definition) is 4. The SMILES string of the molecule is CCOc1ccc2[nH]c3c(c2c1)CCNC3c1cc(OC)c(C(C)(C)C)cc1OC. The molecule has 2 aromatic carbocycles. The molecule has 1 atom stereocenters. The molecule has 160 valence electrons. The summed E-state index contributed by atoms with van der Waals surface area (Å²) in [4.78, 5) is 3.65. The maximum Gasteiger partial charge on any atom is 0.124 e. The third kappa shape index (κ3) is 3.52. The third-order valence-corrected chi connectivity index (χ3v) is 5.90. The van der Waals surface area contributed by atoms with Crippen molar-refractivity contribution in [2.75, 3.05) is 27.4 Å². The van der Waals surface area contributed by atoms with Gasteiger partial charge in [0, 0.05) is 34.3 Å². The van der Waals surface area contributed by atoms with E-state index in [0.717, 1.165) is 46.9 Å². The van der Waals surface area contributed by atoms with Gasteiger partial charge < -0.3 is 24.5 Å². The van der Waals surface area contributed by atoms with Gasteiger partial charge in [-0.25, -0.2) is 0 Å². The van der Waals surface area contributed by atoms with E-state index in [1.54, 1.807) is 14.2 Å². The van der Waals surface area contributed by atoms with Gasteiger partial charge in [0.2, 0.25) is 0 Å². The minimum absolute atomic E-state index is 0.00885. The molecule has 0 amide bonds. The van der Waals surface area contributed by atoms with Gasteiger partial charge in [-0.15, -0.1) is 0 Å². The van der Waals surface area contributed by atoms with Gasteiger partial charge in [0.05, 0.1) is 26.9 Å². The highest BCUT2D eigenvalue weighted by Gasteiger charge is 2.30. The lowest BCUT2D eigenvalue weighted by molar-refractivity contribution is 0.340. The Morgan fingerprint density at radius 2 is 1.80 bits per heavy atom. The van der Waals surface area contributed by atoms with E-state index >= 15 is 0 Å². The zero-order valence-corrected chi connectivity index (χ0v) is 18.8. The number of rotatable bonds is 5. The molecule has 2 heterocycles. The van der Waals surface area contributed by atoms with Crippen LogP contribution < -0.4 is 19.5 Å². The number of ether oxygens (including phenoxy) is 3. The predicted molar refractivity (Wildman–Crippen MR) is 121 cm³/mol. The molecule has 0 radical (unpaired) electrons. The van der Waals surface area contributed by atoms with Crippen molar-refractivity contribution in [3.63, 3.8) is 0 Å². The van der Waals surface area contributed by atoms with Crippen LogP contribution in [0.4, 0.5) is 0 Å². The summed E-state index contributed by atoms with van der Waals surface area (Å²) in [6.07, 6.45) is 0.973. The van der Waals surface area contributed by atoms with Gasteiger partial charge in [0.25, 0.3) is 0 Å². The number of aromatic nitrogens is 1. The average Bonchev–Trinajstić information content (AvgIpc) is 3.10. The fourth-order valence-corrected chi connectivity index (χ4v) is 4.46. The van der Waals surface area contributed by atoms with E-state index in [4.69, 9.17) is 14.2 Å². The maximum atomic E-state index is 5.84. The van der Waals surface area contributed by atoms with E-state index in [9.17, 15) is 0 Å². The molecule has 0 saturated carbocycles. The molecule has 0 saturated heterocycles. The number of hydrogen-bond donors (Lipinski definition) is 2. The zero-order chi connectivity index (χ0) is 21.5. The van der Waals surface area contributed by atoms with Crippen molar-refractivity contribution in [2.24, 2.45) is 0 Å². The van der Waals surface area contributed by atoms with Crippen molar-refractivity contribution < 1.29 is 14.2 Å². The van der Waals surface area contributed by atoms with Crippen LogP contribution in [-0.4, -0.2) is 32.4 Å². The van der Waals surface area contributed by atoms with E-state index in [0.29, 0.717) is 6.61 Å². The number of benzene rings is 2. The van der Waals surface area contributed by atoms with Crippen LogP contribution in [0, 0.1) is 0 Å². The Kier molecular flexibility index (Phi) is 5.41. The molecule has 1 aliphatic heterocycles. The Balaban J connectivity index is 1.86. The summed E-state index contributed by atoms with van der Waals surface area (Å²) >= 11 is 0. The highest BCUT2D eigenvalue weighted by molar-refractivity contribution is 5.87. The van der Waals surface area contributed by atoms with Gasteiger partial charge in [-0.3, -0.25) is 0 Å². The standard InChI is InChI=1S/C25H32N2O3/c1-7-30-15-8-9-20-17(12-15)16-10-11-26-23(24(16)27-20)18-13-22(29-6)19(25(2,3)4)14-21(18)28-5/h8-9,12-14,23,26-27H,7,10-11H2,1-6H3. The molecular formula is C25H32N2O3. The van der Waals surface area contributed by atoms with Crippen LogP contribution in [0.25, 0.3) is 10.9 Å². The first-order chi connectivity index (χ1) is 14.4. The van der Waals surface area contributed by atoms with Crippen LogP contribution in [0.5, 0.6) is 17.2 Å². The minimum Gasteiger partial charge on any atom is -0.496 e. The normalized spacial score (nSPS) is 16.4. The van der Waals surface area contributed by atoms with Crippen molar-refractivity contribution in [3.05, 3.63) is 52.7 Å². The highest BCUT2D eigenvalue weighted by atomic mass is 16.5. The van der Waals surface area contributed by atoms with Crippen LogP contribution in [0.15, 0.2) is 30.3 Å². The largest absolute Gasteiger partial charge is 0.496 e. The van der Waals surface area contributed by atoms with Crippen LogP contribution in [-0.2, 0) is 11.8 Å². The summed E-state index contributed by atoms with van der Waals surface area (Å²) in [6.45, 7) is 10.1. The first-order valence-corrected chi connectivity index (χ1v) is 10.6. The number of aromatic amines is 1. The molecule has 2 N–H and O–H groups in total. The van der Waals surface area contributed by atoms with Crippen molar-refractivity contribution in [3.8, 4) is 17.2 Å². The van der Waals surface area contributed by atoms with Gasteiger partial charge in [-0.2, -0.15) is 0 Å². The second-order valence-electron chi connectivity index (χ2n) is 8.84. The van der Waals surface area contributed by atoms with Crippen molar-refractivity contribution >= 4 is 10.9 Å². The van der Waals surface area contributed by atoms with Crippen LogP contribution in [0.3, 0.4) is 0 Å². The molecule has 0 fully saturated rings. The number of nitrogens with one attached hydrogen (secondary N) is 2.